The van der Waals surface area contributed by atoms with Crippen molar-refractivity contribution in [2.24, 2.45) is 5.73 Å². The van der Waals surface area contributed by atoms with Crippen LogP contribution in [0.4, 0.5) is 0 Å². The predicted octanol–water partition coefficient (Wildman–Crippen LogP) is 0.698. The zero-order valence-corrected chi connectivity index (χ0v) is 9.90. The number of nitrogens with two attached hydrogens (primary N) is 1. The van der Waals surface area contributed by atoms with Crippen LogP contribution < -0.4 is 5.73 Å². The molecule has 0 spiro atoms. The van der Waals surface area contributed by atoms with Crippen molar-refractivity contribution in [1.82, 2.24) is 9.97 Å². The van der Waals surface area contributed by atoms with E-state index in [1.165, 1.54) is 0 Å². The second kappa shape index (κ2) is 4.08. The predicted molar refractivity (Wildman–Crippen MR) is 60.9 cm³/mol. The molecule has 1 aromatic heterocycles. The smallest absolute Gasteiger partial charge is 0.115 e. The van der Waals surface area contributed by atoms with Crippen molar-refractivity contribution < 1.29 is 4.74 Å². The van der Waals surface area contributed by atoms with Crippen LogP contribution in [0.25, 0.3) is 0 Å². The van der Waals surface area contributed by atoms with Crippen LogP contribution in [0, 0.1) is 3.57 Å². The van der Waals surface area contributed by atoms with Gasteiger partial charge in [0.2, 0.25) is 0 Å². The summed E-state index contributed by atoms with van der Waals surface area (Å²) in [6, 6.07) is 0. The Balaban J connectivity index is 2.41. The van der Waals surface area contributed by atoms with Gasteiger partial charge in [-0.3, -0.25) is 0 Å². The SMILES string of the molecule is NCC1(c2ncncc2I)CCOC1. The van der Waals surface area contributed by atoms with Crippen molar-refractivity contribution in [3.05, 3.63) is 21.8 Å². The lowest BCUT2D eigenvalue weighted by Crippen LogP contribution is -2.37. The van der Waals surface area contributed by atoms with Gasteiger partial charge in [0.05, 0.1) is 21.3 Å². The summed E-state index contributed by atoms with van der Waals surface area (Å²) in [5.74, 6) is 0. The number of hydrogen-bond acceptors (Lipinski definition) is 4. The molecule has 5 heteroatoms. The summed E-state index contributed by atoms with van der Waals surface area (Å²) in [5.41, 5.74) is 6.78. The van der Waals surface area contributed by atoms with Crippen molar-refractivity contribution in [2.45, 2.75) is 11.8 Å². The Labute approximate surface area is 96.4 Å². The number of rotatable bonds is 2. The van der Waals surface area contributed by atoms with Crippen molar-refractivity contribution >= 4 is 22.6 Å². The first-order valence-electron chi connectivity index (χ1n) is 4.52. The fraction of sp³-hybridized carbons (Fsp3) is 0.556. The van der Waals surface area contributed by atoms with E-state index in [1.54, 1.807) is 6.33 Å². The highest BCUT2D eigenvalue weighted by Gasteiger charge is 2.38. The number of nitrogens with zero attached hydrogens (tertiary/aromatic N) is 2. The molecular weight excluding hydrogens is 293 g/mol. The second-order valence-electron chi connectivity index (χ2n) is 3.51. The largest absolute Gasteiger partial charge is 0.380 e. The third-order valence-electron chi connectivity index (χ3n) is 2.66. The van der Waals surface area contributed by atoms with Gasteiger partial charge in [0.15, 0.2) is 0 Å². The fourth-order valence-electron chi connectivity index (χ4n) is 1.75. The number of hydrogen-bond donors (Lipinski definition) is 1. The van der Waals surface area contributed by atoms with Crippen LogP contribution in [0.5, 0.6) is 0 Å². The van der Waals surface area contributed by atoms with Crippen LogP contribution in [-0.4, -0.2) is 29.7 Å². The molecule has 2 N–H and O–H groups in total. The molecule has 1 fully saturated rings. The highest BCUT2D eigenvalue weighted by atomic mass is 127. The standard InChI is InChI=1S/C9H12IN3O/c10-7-3-12-6-13-8(7)9(4-11)1-2-14-5-9/h3,6H,1-2,4-5,11H2. The molecule has 0 saturated carbocycles. The van der Waals surface area contributed by atoms with Crippen molar-refractivity contribution in [3.8, 4) is 0 Å². The average Bonchev–Trinajstić information content (AvgIpc) is 2.68. The third kappa shape index (κ3) is 1.64. The van der Waals surface area contributed by atoms with Gasteiger partial charge in [0.25, 0.3) is 0 Å². The van der Waals surface area contributed by atoms with Gasteiger partial charge in [-0.1, -0.05) is 0 Å². The van der Waals surface area contributed by atoms with E-state index in [0.29, 0.717) is 13.2 Å². The van der Waals surface area contributed by atoms with Crippen LogP contribution in [0.2, 0.25) is 0 Å². The van der Waals surface area contributed by atoms with Gasteiger partial charge in [0.1, 0.15) is 6.33 Å². The Bertz CT molecular complexity index is 326. The van der Waals surface area contributed by atoms with E-state index in [9.17, 15) is 0 Å². The van der Waals surface area contributed by atoms with E-state index < -0.39 is 0 Å². The Morgan fingerprint density at radius 2 is 2.50 bits per heavy atom. The lowest BCUT2D eigenvalue weighted by molar-refractivity contribution is 0.177. The van der Waals surface area contributed by atoms with Gasteiger partial charge in [0, 0.05) is 19.3 Å². The van der Waals surface area contributed by atoms with Crippen LogP contribution >= 0.6 is 22.6 Å². The molecule has 0 aliphatic carbocycles. The number of ether oxygens (including phenoxy) is 1. The maximum Gasteiger partial charge on any atom is 0.115 e. The molecule has 1 aromatic rings. The van der Waals surface area contributed by atoms with Gasteiger partial charge in [-0.05, 0) is 29.0 Å². The molecule has 2 heterocycles. The van der Waals surface area contributed by atoms with Crippen molar-refractivity contribution in [1.29, 1.82) is 0 Å². The maximum absolute atomic E-state index is 5.83. The van der Waals surface area contributed by atoms with Crippen LogP contribution in [0.1, 0.15) is 12.1 Å². The summed E-state index contributed by atoms with van der Waals surface area (Å²) in [4.78, 5) is 8.31. The average molecular weight is 305 g/mol. The summed E-state index contributed by atoms with van der Waals surface area (Å²) in [6.45, 7) is 2.04. The van der Waals surface area contributed by atoms with Crippen molar-refractivity contribution in [3.63, 3.8) is 0 Å². The van der Waals surface area contributed by atoms with E-state index in [2.05, 4.69) is 32.6 Å². The molecule has 1 aliphatic heterocycles. The second-order valence-corrected chi connectivity index (χ2v) is 4.67. The molecule has 14 heavy (non-hydrogen) atoms. The molecule has 76 valence electrons. The third-order valence-corrected chi connectivity index (χ3v) is 3.45. The molecule has 0 bridgehead atoms. The van der Waals surface area contributed by atoms with Crippen LogP contribution in [0.3, 0.4) is 0 Å². The maximum atomic E-state index is 5.83. The van der Waals surface area contributed by atoms with Gasteiger partial charge < -0.3 is 10.5 Å². The first-order valence-corrected chi connectivity index (χ1v) is 5.60. The van der Waals surface area contributed by atoms with Crippen LogP contribution in [0.15, 0.2) is 12.5 Å². The molecular formula is C9H12IN3O. The molecule has 4 nitrogen and oxygen atoms in total. The van der Waals surface area contributed by atoms with Gasteiger partial charge in [-0.15, -0.1) is 0 Å². The lowest BCUT2D eigenvalue weighted by atomic mass is 9.84. The summed E-state index contributed by atoms with van der Waals surface area (Å²) in [5, 5.41) is 0. The molecule has 1 atom stereocenters. The van der Waals surface area contributed by atoms with Gasteiger partial charge in [-0.25, -0.2) is 9.97 Å². The van der Waals surface area contributed by atoms with E-state index >= 15 is 0 Å². The Morgan fingerprint density at radius 1 is 1.64 bits per heavy atom. The van der Waals surface area contributed by atoms with E-state index in [1.807, 2.05) is 6.20 Å². The molecule has 0 amide bonds. The highest BCUT2D eigenvalue weighted by molar-refractivity contribution is 14.1. The number of halogens is 1. The summed E-state index contributed by atoms with van der Waals surface area (Å²) in [7, 11) is 0. The highest BCUT2D eigenvalue weighted by Crippen LogP contribution is 2.32. The zero-order valence-electron chi connectivity index (χ0n) is 7.74. The Morgan fingerprint density at radius 3 is 3.07 bits per heavy atom. The lowest BCUT2D eigenvalue weighted by Gasteiger charge is -2.25. The zero-order chi connectivity index (χ0) is 10.0. The van der Waals surface area contributed by atoms with E-state index in [-0.39, 0.29) is 5.41 Å². The summed E-state index contributed by atoms with van der Waals surface area (Å²) in [6.07, 6.45) is 4.35. The monoisotopic (exact) mass is 305 g/mol. The quantitative estimate of drug-likeness (QED) is 0.817. The first-order chi connectivity index (χ1) is 6.78. The van der Waals surface area contributed by atoms with Crippen LogP contribution in [-0.2, 0) is 10.2 Å². The Hall–Kier alpha value is -0.270. The van der Waals surface area contributed by atoms with E-state index in [4.69, 9.17) is 10.5 Å². The van der Waals surface area contributed by atoms with Gasteiger partial charge in [-0.2, -0.15) is 0 Å². The molecule has 1 saturated heterocycles. The van der Waals surface area contributed by atoms with E-state index in [0.717, 1.165) is 22.3 Å². The minimum atomic E-state index is -0.0839. The van der Waals surface area contributed by atoms with Crippen molar-refractivity contribution in [2.75, 3.05) is 19.8 Å². The minimum absolute atomic E-state index is 0.0839. The molecule has 1 unspecified atom stereocenters. The topological polar surface area (TPSA) is 61.0 Å². The molecule has 0 aromatic carbocycles. The number of aromatic nitrogens is 2. The first kappa shape index (κ1) is 10.3. The molecule has 2 rings (SSSR count). The summed E-state index contributed by atoms with van der Waals surface area (Å²) < 4.78 is 6.49. The fourth-order valence-corrected chi connectivity index (χ4v) is 2.63. The summed E-state index contributed by atoms with van der Waals surface area (Å²) >= 11 is 2.25. The molecule has 1 aliphatic rings. The normalized spacial score (nSPS) is 26.7. The van der Waals surface area contributed by atoms with Gasteiger partial charge >= 0.3 is 0 Å². The molecule has 0 radical (unpaired) electrons. The Kier molecular flexibility index (Phi) is 2.99. The minimum Gasteiger partial charge on any atom is -0.380 e.